The maximum atomic E-state index is 15.7. The number of fused-ring (bicyclic) bond motifs is 3. The molecule has 9 nitrogen and oxygen atoms in total. The molecule has 1 N–H and O–H groups in total. The first-order valence-electron chi connectivity index (χ1n) is 12.3. The summed E-state index contributed by atoms with van der Waals surface area (Å²) < 4.78 is 24.1. The van der Waals surface area contributed by atoms with Crippen LogP contribution in [0.4, 0.5) is 14.9 Å². The van der Waals surface area contributed by atoms with E-state index in [1.807, 2.05) is 25.2 Å². The number of nitrogens with one attached hydrogen (secondary N) is 1. The van der Waals surface area contributed by atoms with Gasteiger partial charge in [0, 0.05) is 62.5 Å². The van der Waals surface area contributed by atoms with Crippen LogP contribution in [-0.4, -0.2) is 76.9 Å². The average Bonchev–Trinajstić information content (AvgIpc) is 3.15. The van der Waals surface area contributed by atoms with Gasteiger partial charge in [0.15, 0.2) is 0 Å². The Morgan fingerprint density at radius 2 is 1.89 bits per heavy atom. The van der Waals surface area contributed by atoms with Crippen LogP contribution in [0.3, 0.4) is 0 Å². The summed E-state index contributed by atoms with van der Waals surface area (Å²) in [5.74, 6) is -0.402. The van der Waals surface area contributed by atoms with Crippen LogP contribution >= 0.6 is 0 Å². The van der Waals surface area contributed by atoms with Crippen molar-refractivity contribution in [3.63, 3.8) is 0 Å². The SMILES string of the molecule is COCCn1c(=O)n(C)c2cnc3ccc(-c4ccc(NC(=O)N5CCN(C)CC5)c(C)c4F)cc3c21. The lowest BCUT2D eigenvalue weighted by Gasteiger charge is -2.32. The third-order valence-electron chi connectivity index (χ3n) is 7.22. The Balaban J connectivity index is 1.52. The summed E-state index contributed by atoms with van der Waals surface area (Å²) in [5, 5.41) is 3.63. The first kappa shape index (κ1) is 24.9. The Kier molecular flexibility index (Phi) is 6.70. The molecule has 2 amide bonds. The largest absolute Gasteiger partial charge is 0.383 e. The quantitative estimate of drug-likeness (QED) is 0.448. The highest BCUT2D eigenvalue weighted by Gasteiger charge is 2.21. The number of piperazine rings is 1. The first-order chi connectivity index (χ1) is 17.8. The molecule has 1 saturated heterocycles. The van der Waals surface area contributed by atoms with Crippen molar-refractivity contribution in [2.75, 3.05) is 52.3 Å². The second-order valence-electron chi connectivity index (χ2n) is 9.53. The molecule has 4 aromatic rings. The number of carbonyl (C=O) groups is 1. The monoisotopic (exact) mass is 506 g/mol. The molecule has 1 aliphatic heterocycles. The van der Waals surface area contributed by atoms with Gasteiger partial charge in [0.05, 0.1) is 35.9 Å². The summed E-state index contributed by atoms with van der Waals surface area (Å²) in [6, 6.07) is 8.72. The maximum Gasteiger partial charge on any atom is 0.328 e. The molecule has 2 aromatic carbocycles. The van der Waals surface area contributed by atoms with Crippen molar-refractivity contribution >= 4 is 33.7 Å². The van der Waals surface area contributed by atoms with Crippen molar-refractivity contribution in [1.82, 2.24) is 23.9 Å². The van der Waals surface area contributed by atoms with Crippen molar-refractivity contribution < 1.29 is 13.9 Å². The second-order valence-corrected chi connectivity index (χ2v) is 9.53. The number of carbonyl (C=O) groups excluding carboxylic acids is 1. The molecule has 0 spiro atoms. The Hall–Kier alpha value is -3.76. The van der Waals surface area contributed by atoms with Crippen LogP contribution in [0.25, 0.3) is 33.1 Å². The van der Waals surface area contributed by atoms with Crippen LogP contribution in [0, 0.1) is 12.7 Å². The summed E-state index contributed by atoms with van der Waals surface area (Å²) in [5.41, 5.74) is 3.88. The van der Waals surface area contributed by atoms with E-state index in [1.165, 1.54) is 0 Å². The zero-order valence-electron chi connectivity index (χ0n) is 21.5. The lowest BCUT2D eigenvalue weighted by atomic mass is 9.99. The smallest absolute Gasteiger partial charge is 0.328 e. The number of imidazole rings is 1. The number of pyridine rings is 1. The molecule has 1 aliphatic rings. The normalized spacial score (nSPS) is 14.6. The van der Waals surface area contributed by atoms with Crippen LogP contribution in [0.1, 0.15) is 5.56 Å². The molecule has 10 heteroatoms. The minimum atomic E-state index is -0.402. The van der Waals surface area contributed by atoms with Crippen LogP contribution in [0.5, 0.6) is 0 Å². The Labute approximate surface area is 214 Å². The number of benzene rings is 2. The maximum absolute atomic E-state index is 15.7. The summed E-state index contributed by atoms with van der Waals surface area (Å²) in [6.45, 7) is 5.34. The van der Waals surface area contributed by atoms with Crippen molar-refractivity contribution in [2.45, 2.75) is 13.5 Å². The van der Waals surface area contributed by atoms with Gasteiger partial charge < -0.3 is 19.9 Å². The molecule has 0 atom stereocenters. The third-order valence-corrected chi connectivity index (χ3v) is 7.22. The van der Waals surface area contributed by atoms with Gasteiger partial charge in [-0.1, -0.05) is 6.07 Å². The van der Waals surface area contributed by atoms with Crippen LogP contribution < -0.4 is 11.0 Å². The van der Waals surface area contributed by atoms with E-state index in [9.17, 15) is 9.59 Å². The predicted octanol–water partition coefficient (Wildman–Crippen LogP) is 3.43. The van der Waals surface area contributed by atoms with Crippen molar-refractivity contribution in [3.05, 3.63) is 58.4 Å². The zero-order valence-corrected chi connectivity index (χ0v) is 21.5. The number of urea groups is 1. The van der Waals surface area contributed by atoms with E-state index in [0.29, 0.717) is 59.7 Å². The van der Waals surface area contributed by atoms with Crippen LogP contribution in [0.2, 0.25) is 0 Å². The van der Waals surface area contributed by atoms with Crippen LogP contribution in [0.15, 0.2) is 41.3 Å². The highest BCUT2D eigenvalue weighted by molar-refractivity contribution is 6.04. The Bertz CT molecular complexity index is 1550. The molecule has 37 heavy (non-hydrogen) atoms. The molecule has 0 aliphatic carbocycles. The Morgan fingerprint density at radius 1 is 1.14 bits per heavy atom. The number of ether oxygens (including phenoxy) is 1. The van der Waals surface area contributed by atoms with Gasteiger partial charge in [0.1, 0.15) is 5.82 Å². The molecule has 1 fully saturated rings. The van der Waals surface area contributed by atoms with Gasteiger partial charge in [-0.3, -0.25) is 14.1 Å². The molecule has 0 unspecified atom stereocenters. The highest BCUT2D eigenvalue weighted by atomic mass is 19.1. The van der Waals surface area contributed by atoms with Gasteiger partial charge in [0.2, 0.25) is 0 Å². The number of likely N-dealkylation sites (N-methyl/N-ethyl adjacent to an activating group) is 1. The fourth-order valence-corrected chi connectivity index (χ4v) is 4.88. The van der Waals surface area contributed by atoms with E-state index in [-0.39, 0.29) is 11.7 Å². The number of methoxy groups -OCH3 is 1. The summed E-state index contributed by atoms with van der Waals surface area (Å²) in [7, 11) is 5.33. The third kappa shape index (κ3) is 4.47. The minimum Gasteiger partial charge on any atom is -0.383 e. The minimum absolute atomic E-state index is 0.158. The number of amides is 2. The highest BCUT2D eigenvalue weighted by Crippen LogP contribution is 2.33. The van der Waals surface area contributed by atoms with Crippen molar-refractivity contribution in [1.29, 1.82) is 0 Å². The predicted molar refractivity (Wildman–Crippen MR) is 143 cm³/mol. The lowest BCUT2D eigenvalue weighted by molar-refractivity contribution is 0.164. The number of halogens is 1. The molecule has 3 heterocycles. The summed E-state index contributed by atoms with van der Waals surface area (Å²) >= 11 is 0. The molecule has 0 saturated carbocycles. The number of anilines is 1. The van der Waals surface area contributed by atoms with Gasteiger partial charge in [0.25, 0.3) is 0 Å². The molecule has 0 radical (unpaired) electrons. The second kappa shape index (κ2) is 9.95. The number of rotatable bonds is 5. The van der Waals surface area contributed by atoms with Crippen LogP contribution in [-0.2, 0) is 18.3 Å². The van der Waals surface area contributed by atoms with Crippen molar-refractivity contribution in [3.8, 4) is 11.1 Å². The molecular weight excluding hydrogens is 475 g/mol. The van der Waals surface area contributed by atoms with E-state index in [4.69, 9.17) is 4.74 Å². The molecular formula is C27H31FN6O3. The number of hydrogen-bond acceptors (Lipinski definition) is 5. The topological polar surface area (TPSA) is 84.6 Å². The van der Waals surface area contributed by atoms with Crippen molar-refractivity contribution in [2.24, 2.45) is 7.05 Å². The Morgan fingerprint density at radius 3 is 2.62 bits per heavy atom. The van der Waals surface area contributed by atoms with E-state index in [0.717, 1.165) is 24.0 Å². The van der Waals surface area contributed by atoms with Gasteiger partial charge in [-0.2, -0.15) is 0 Å². The van der Waals surface area contributed by atoms with Gasteiger partial charge in [-0.05, 0) is 43.8 Å². The molecule has 194 valence electrons. The number of nitrogens with zero attached hydrogens (tertiary/aromatic N) is 5. The fourth-order valence-electron chi connectivity index (χ4n) is 4.88. The fraction of sp³-hybridized carbons (Fsp3) is 0.370. The molecule has 5 rings (SSSR count). The lowest BCUT2D eigenvalue weighted by Crippen LogP contribution is -2.48. The molecule has 0 bridgehead atoms. The summed E-state index contributed by atoms with van der Waals surface area (Å²) in [6.07, 6.45) is 1.69. The number of aromatic nitrogens is 3. The first-order valence-corrected chi connectivity index (χ1v) is 12.3. The van der Waals surface area contributed by atoms with Gasteiger partial charge >= 0.3 is 11.7 Å². The zero-order chi connectivity index (χ0) is 26.3. The van der Waals surface area contributed by atoms with Gasteiger partial charge in [-0.15, -0.1) is 0 Å². The number of aryl methyl sites for hydroxylation is 1. The average molecular weight is 507 g/mol. The standard InChI is InChI=1S/C27H31FN6O3/c1-17-21(30-26(35)33-11-9-31(2)10-12-33)8-6-19(24(17)28)18-5-7-22-20(15-18)25-23(16-29-22)32(3)27(36)34(25)13-14-37-4/h5-8,15-16H,9-14H2,1-4H3,(H,30,35). The summed E-state index contributed by atoms with van der Waals surface area (Å²) in [4.78, 5) is 34.1. The molecule has 2 aromatic heterocycles. The van der Waals surface area contributed by atoms with E-state index < -0.39 is 5.82 Å². The van der Waals surface area contributed by atoms with E-state index in [2.05, 4.69) is 15.2 Å². The van der Waals surface area contributed by atoms with E-state index >= 15 is 4.39 Å². The van der Waals surface area contributed by atoms with E-state index in [1.54, 1.807) is 53.4 Å². The number of hydrogen-bond donors (Lipinski definition) is 1. The van der Waals surface area contributed by atoms with Gasteiger partial charge in [-0.25, -0.2) is 14.0 Å².